The Bertz CT molecular complexity index is 1050. The highest BCUT2D eigenvalue weighted by Gasteiger charge is 2.19. The lowest BCUT2D eigenvalue weighted by Crippen LogP contribution is -2.39. The summed E-state index contributed by atoms with van der Waals surface area (Å²) in [5.74, 6) is -2.17. The van der Waals surface area contributed by atoms with Gasteiger partial charge in [0.2, 0.25) is 17.6 Å². The Morgan fingerprint density at radius 2 is 1.60 bits per heavy atom. The van der Waals surface area contributed by atoms with Crippen molar-refractivity contribution in [3.63, 3.8) is 0 Å². The summed E-state index contributed by atoms with van der Waals surface area (Å²) in [7, 11) is 1.26. The summed E-state index contributed by atoms with van der Waals surface area (Å²) < 4.78 is 4.52. The van der Waals surface area contributed by atoms with Crippen molar-refractivity contribution in [1.82, 2.24) is 10.6 Å². The molecule has 1 saturated carbocycles. The maximum absolute atomic E-state index is 12.3. The predicted octanol–water partition coefficient (Wildman–Crippen LogP) is 5.90. The molecule has 11 heteroatoms. The molecule has 2 atom stereocenters. The smallest absolute Gasteiger partial charge is 0.306 e. The number of nitrogens with one attached hydrogen (secondary N) is 2. The summed E-state index contributed by atoms with van der Waals surface area (Å²) in [5, 5.41) is 8.40. The van der Waals surface area contributed by atoms with E-state index in [0.29, 0.717) is 19.3 Å². The monoisotopic (exact) mass is 599 g/mol. The number of carbonyl (C=O) groups is 5. The quantitative estimate of drug-likeness (QED) is 0.0743. The van der Waals surface area contributed by atoms with Crippen LogP contribution in [0.4, 0.5) is 0 Å². The van der Waals surface area contributed by atoms with E-state index in [1.54, 1.807) is 0 Å². The Morgan fingerprint density at radius 1 is 0.953 bits per heavy atom. The van der Waals surface area contributed by atoms with Crippen LogP contribution in [-0.4, -0.2) is 48.7 Å². The maximum Gasteiger partial charge on any atom is 0.306 e. The molecule has 2 unspecified atom stereocenters. The van der Waals surface area contributed by atoms with Crippen molar-refractivity contribution < 1.29 is 28.7 Å². The lowest BCUT2D eigenvalue weighted by Gasteiger charge is -2.21. The van der Waals surface area contributed by atoms with Crippen LogP contribution in [-0.2, 0) is 35.1 Å². The molecule has 1 fully saturated rings. The molecule has 0 radical (unpaired) electrons. The first-order valence-electron chi connectivity index (χ1n) is 15.5. The summed E-state index contributed by atoms with van der Waals surface area (Å²) in [6.07, 6.45) is 13.1. The molecule has 0 heterocycles. The summed E-state index contributed by atoms with van der Waals surface area (Å²) in [4.78, 5) is 60.5. The van der Waals surface area contributed by atoms with Gasteiger partial charge in [-0.05, 0) is 48.3 Å². The average Bonchev–Trinajstić information content (AvgIpc) is 3.01. The van der Waals surface area contributed by atoms with Crippen LogP contribution in [0.3, 0.4) is 0 Å². The van der Waals surface area contributed by atoms with Crippen molar-refractivity contribution in [3.8, 4) is 0 Å². The number of ether oxygens (including phenoxy) is 1. The van der Waals surface area contributed by atoms with E-state index in [2.05, 4.69) is 32.3 Å². The first-order valence-corrected chi connectivity index (χ1v) is 15.5. The molecule has 0 bridgehead atoms. The van der Waals surface area contributed by atoms with Crippen molar-refractivity contribution in [2.45, 2.75) is 122 Å². The number of rotatable bonds is 17. The molecule has 2 rings (SSSR count). The van der Waals surface area contributed by atoms with Crippen LogP contribution in [0.2, 0.25) is 0 Å². The summed E-state index contributed by atoms with van der Waals surface area (Å²) in [6.45, 7) is 4.13. The van der Waals surface area contributed by atoms with Gasteiger partial charge >= 0.3 is 5.97 Å². The fraction of sp³-hybridized carbons (Fsp3) is 0.656. The number of unbranched alkanes of at least 4 members (excludes halogenated alkanes) is 1. The van der Waals surface area contributed by atoms with E-state index in [4.69, 9.17) is 5.53 Å². The number of ketones is 1. The van der Waals surface area contributed by atoms with Crippen molar-refractivity contribution in [2.24, 2.45) is 11.0 Å². The predicted molar refractivity (Wildman–Crippen MR) is 165 cm³/mol. The van der Waals surface area contributed by atoms with Crippen molar-refractivity contribution in [3.05, 3.63) is 46.3 Å². The number of Topliss-reactive ketones (excluding diaryl/α,β-unsaturated/α-hetero) is 1. The molecule has 11 nitrogen and oxygen atoms in total. The third kappa shape index (κ3) is 18.4. The average molecular weight is 600 g/mol. The molecule has 0 saturated heterocycles. The Balaban J connectivity index is 0.000000775. The molecular weight excluding hydrogens is 550 g/mol. The van der Waals surface area contributed by atoms with E-state index < -0.39 is 23.6 Å². The van der Waals surface area contributed by atoms with Gasteiger partial charge < -0.3 is 15.4 Å². The second kappa shape index (κ2) is 22.8. The SMILES string of the molecule is CCCCC1CCCCC1.COC(=O)CCC(=O)NC(C)CCC(Cc1ccccc1)NC(=O)CCC(=O)C(=O)N=[N+]=[N-]. The Labute approximate surface area is 255 Å². The first kappa shape index (κ1) is 37.3. The zero-order valence-corrected chi connectivity index (χ0v) is 26.0. The van der Waals surface area contributed by atoms with Gasteiger partial charge in [0.15, 0.2) is 0 Å². The second-order valence-corrected chi connectivity index (χ2v) is 11.1. The molecule has 1 aliphatic carbocycles. The highest BCUT2D eigenvalue weighted by molar-refractivity contribution is 6.36. The van der Waals surface area contributed by atoms with Gasteiger partial charge in [-0.25, -0.2) is 0 Å². The van der Waals surface area contributed by atoms with E-state index in [-0.39, 0.29) is 43.7 Å². The fourth-order valence-corrected chi connectivity index (χ4v) is 5.01. The Kier molecular flexibility index (Phi) is 19.8. The van der Waals surface area contributed by atoms with E-state index in [9.17, 15) is 24.0 Å². The van der Waals surface area contributed by atoms with E-state index in [1.165, 1.54) is 58.5 Å². The minimum Gasteiger partial charge on any atom is -0.469 e. The van der Waals surface area contributed by atoms with Crippen LogP contribution in [0.25, 0.3) is 10.4 Å². The zero-order valence-electron chi connectivity index (χ0n) is 26.0. The Morgan fingerprint density at radius 3 is 2.23 bits per heavy atom. The standard InChI is InChI=1S/C22H29N5O6.C10H20/c1-15(24-19(29)12-13-21(31)33-2)8-9-17(14-16-6-4-3-5-7-16)25-20(30)11-10-18(28)22(32)26-27-23;1-2-3-7-10-8-5-4-6-9-10/h3-7,15,17H,8-14H2,1-2H3,(H,24,29)(H,25,30);10H,2-9H2,1H3. The lowest BCUT2D eigenvalue weighted by molar-refractivity contribution is -0.142. The van der Waals surface area contributed by atoms with Crippen LogP contribution in [0.1, 0.15) is 109 Å². The molecule has 3 amide bonds. The highest BCUT2D eigenvalue weighted by Crippen LogP contribution is 2.27. The Hall–Kier alpha value is -3.72. The number of hydrogen-bond donors (Lipinski definition) is 2. The van der Waals surface area contributed by atoms with Crippen LogP contribution in [0, 0.1) is 5.92 Å². The minimum absolute atomic E-state index is 0.00262. The molecule has 1 aliphatic rings. The topological polar surface area (TPSA) is 167 Å². The van der Waals surface area contributed by atoms with Gasteiger partial charge in [0.05, 0.1) is 13.5 Å². The summed E-state index contributed by atoms with van der Waals surface area (Å²) in [5.41, 5.74) is 9.21. The van der Waals surface area contributed by atoms with Gasteiger partial charge in [0, 0.05) is 36.3 Å². The van der Waals surface area contributed by atoms with Gasteiger partial charge in [0.25, 0.3) is 5.91 Å². The molecule has 1 aromatic carbocycles. The fourth-order valence-electron chi connectivity index (χ4n) is 5.01. The summed E-state index contributed by atoms with van der Waals surface area (Å²) in [6, 6.07) is 9.07. The van der Waals surface area contributed by atoms with Crippen LogP contribution in [0.15, 0.2) is 35.4 Å². The van der Waals surface area contributed by atoms with E-state index >= 15 is 0 Å². The normalized spacial score (nSPS) is 14.1. The first-order chi connectivity index (χ1) is 20.7. The number of esters is 1. The number of benzene rings is 1. The minimum atomic E-state index is -1.22. The molecule has 0 aliphatic heterocycles. The zero-order chi connectivity index (χ0) is 31.9. The molecule has 0 aromatic heterocycles. The molecular formula is C32H49N5O6. The van der Waals surface area contributed by atoms with Crippen LogP contribution in [0.5, 0.6) is 0 Å². The van der Waals surface area contributed by atoms with Gasteiger partial charge in [-0.15, -0.1) is 0 Å². The van der Waals surface area contributed by atoms with Crippen molar-refractivity contribution >= 4 is 29.5 Å². The van der Waals surface area contributed by atoms with Gasteiger partial charge in [-0.1, -0.05) is 88.6 Å². The lowest BCUT2D eigenvalue weighted by atomic mass is 9.86. The van der Waals surface area contributed by atoms with Crippen molar-refractivity contribution in [1.29, 1.82) is 0 Å². The largest absolute Gasteiger partial charge is 0.469 e. The van der Waals surface area contributed by atoms with Crippen molar-refractivity contribution in [2.75, 3.05) is 7.11 Å². The molecule has 43 heavy (non-hydrogen) atoms. The van der Waals surface area contributed by atoms with Crippen LogP contribution < -0.4 is 10.6 Å². The number of azide groups is 1. The number of hydrogen-bond acceptors (Lipinski definition) is 6. The third-order valence-corrected chi connectivity index (χ3v) is 7.47. The molecule has 2 N–H and O–H groups in total. The number of carbonyl (C=O) groups excluding carboxylic acids is 5. The molecule has 0 spiro atoms. The number of nitrogens with zero attached hydrogens (tertiary/aromatic N) is 3. The van der Waals surface area contributed by atoms with E-state index in [0.717, 1.165) is 11.5 Å². The number of methoxy groups -OCH3 is 1. The van der Waals surface area contributed by atoms with Gasteiger partial charge in [0.1, 0.15) is 0 Å². The number of amides is 3. The maximum atomic E-state index is 12.3. The second-order valence-electron chi connectivity index (χ2n) is 11.1. The molecule has 1 aromatic rings. The molecule has 238 valence electrons. The summed E-state index contributed by atoms with van der Waals surface area (Å²) >= 11 is 0. The van der Waals surface area contributed by atoms with Gasteiger partial charge in [-0.3, -0.25) is 24.0 Å². The van der Waals surface area contributed by atoms with Gasteiger partial charge in [-0.2, -0.15) is 0 Å². The van der Waals surface area contributed by atoms with E-state index in [1.807, 2.05) is 37.3 Å². The van der Waals surface area contributed by atoms with Crippen LogP contribution >= 0.6 is 0 Å². The highest BCUT2D eigenvalue weighted by atomic mass is 16.5. The third-order valence-electron chi connectivity index (χ3n) is 7.47.